The summed E-state index contributed by atoms with van der Waals surface area (Å²) in [7, 11) is 0. The van der Waals surface area contributed by atoms with Crippen molar-refractivity contribution in [3.63, 3.8) is 0 Å². The molecule has 21 heavy (non-hydrogen) atoms. The number of fused-ring (bicyclic) bond motifs is 1. The van der Waals surface area contributed by atoms with E-state index in [-0.39, 0.29) is 0 Å². The molecule has 2 nitrogen and oxygen atoms in total. The van der Waals surface area contributed by atoms with Crippen LogP contribution in [0.5, 0.6) is 0 Å². The molecule has 1 aliphatic heterocycles. The van der Waals surface area contributed by atoms with E-state index in [9.17, 15) is 0 Å². The molecule has 2 atom stereocenters. The van der Waals surface area contributed by atoms with Gasteiger partial charge in [-0.05, 0) is 50.1 Å². The fourth-order valence-corrected chi connectivity index (χ4v) is 4.92. The average molecular weight is 298 g/mol. The van der Waals surface area contributed by atoms with Gasteiger partial charge in [0.05, 0.1) is 11.7 Å². The third-order valence-corrected chi connectivity index (χ3v) is 6.07. The predicted molar refractivity (Wildman–Crippen MR) is 87.9 cm³/mol. The fourth-order valence-electron chi connectivity index (χ4n) is 3.62. The van der Waals surface area contributed by atoms with Gasteiger partial charge in [0.1, 0.15) is 5.01 Å². The molecule has 3 heteroatoms. The number of hydrogen-bond acceptors (Lipinski definition) is 3. The number of rotatable bonds is 2. The lowest BCUT2D eigenvalue weighted by molar-refractivity contribution is 0.410. The van der Waals surface area contributed by atoms with E-state index in [0.29, 0.717) is 12.0 Å². The first-order valence-corrected chi connectivity index (χ1v) is 8.98. The number of thiazole rings is 1. The van der Waals surface area contributed by atoms with Crippen molar-refractivity contribution in [1.29, 1.82) is 0 Å². The van der Waals surface area contributed by atoms with E-state index < -0.39 is 0 Å². The molecule has 4 rings (SSSR count). The van der Waals surface area contributed by atoms with Crippen LogP contribution in [0, 0.1) is 0 Å². The van der Waals surface area contributed by atoms with Crippen LogP contribution in [0.15, 0.2) is 30.3 Å². The molecule has 0 spiro atoms. The highest BCUT2D eigenvalue weighted by Crippen LogP contribution is 2.37. The molecule has 1 N–H and O–H groups in total. The zero-order valence-electron chi connectivity index (χ0n) is 12.3. The zero-order valence-corrected chi connectivity index (χ0v) is 13.2. The predicted octanol–water partition coefficient (Wildman–Crippen LogP) is 4.23. The molecule has 0 bridgehead atoms. The molecule has 1 aliphatic carbocycles. The summed E-state index contributed by atoms with van der Waals surface area (Å²) in [6.45, 7) is 1.15. The number of hydrogen-bond donors (Lipinski definition) is 1. The Morgan fingerprint density at radius 2 is 2.00 bits per heavy atom. The second-order valence-electron chi connectivity index (χ2n) is 6.27. The van der Waals surface area contributed by atoms with Crippen LogP contribution in [0.4, 0.5) is 0 Å². The lowest BCUT2D eigenvalue weighted by atomic mass is 9.85. The minimum atomic E-state index is 0.518. The fraction of sp³-hybridized carbons (Fsp3) is 0.500. The number of nitrogens with zero attached hydrogens (tertiary/aromatic N) is 1. The largest absolute Gasteiger partial charge is 0.308 e. The number of benzene rings is 1. The van der Waals surface area contributed by atoms with E-state index in [1.807, 2.05) is 11.3 Å². The van der Waals surface area contributed by atoms with E-state index in [2.05, 4.69) is 35.6 Å². The molecular weight excluding hydrogens is 276 g/mol. The van der Waals surface area contributed by atoms with Gasteiger partial charge < -0.3 is 5.32 Å². The summed E-state index contributed by atoms with van der Waals surface area (Å²) in [4.78, 5) is 6.50. The van der Waals surface area contributed by atoms with E-state index in [1.165, 1.54) is 53.2 Å². The van der Waals surface area contributed by atoms with Crippen molar-refractivity contribution in [2.75, 3.05) is 6.54 Å². The Kier molecular flexibility index (Phi) is 3.78. The lowest BCUT2D eigenvalue weighted by Gasteiger charge is -2.21. The Labute approximate surface area is 130 Å². The van der Waals surface area contributed by atoms with E-state index >= 15 is 0 Å². The van der Waals surface area contributed by atoms with Crippen LogP contribution in [0.1, 0.15) is 58.8 Å². The Hall–Kier alpha value is -1.19. The normalized spacial score (nSPS) is 25.5. The maximum Gasteiger partial charge on any atom is 0.110 e. The monoisotopic (exact) mass is 298 g/mol. The second kappa shape index (κ2) is 5.90. The summed E-state index contributed by atoms with van der Waals surface area (Å²) in [6, 6.07) is 11.5. The number of aryl methyl sites for hydroxylation is 1. The number of piperidine rings is 1. The third-order valence-electron chi connectivity index (χ3n) is 4.84. The van der Waals surface area contributed by atoms with Gasteiger partial charge in [-0.2, -0.15) is 0 Å². The van der Waals surface area contributed by atoms with Crippen molar-refractivity contribution in [3.8, 4) is 0 Å². The van der Waals surface area contributed by atoms with Crippen LogP contribution in [0.25, 0.3) is 0 Å². The maximum atomic E-state index is 4.96. The van der Waals surface area contributed by atoms with Crippen molar-refractivity contribution in [2.24, 2.45) is 0 Å². The molecule has 0 radical (unpaired) electrons. The smallest absolute Gasteiger partial charge is 0.110 e. The molecule has 1 saturated heterocycles. The first kappa shape index (κ1) is 13.5. The molecule has 2 aliphatic rings. The van der Waals surface area contributed by atoms with Gasteiger partial charge in [-0.1, -0.05) is 36.8 Å². The zero-order chi connectivity index (χ0) is 14.1. The van der Waals surface area contributed by atoms with Crippen LogP contribution in [-0.2, 0) is 12.8 Å². The SMILES string of the molecule is c1ccc(C2CCc3nc(C4CCCCN4)sc3C2)cc1. The highest BCUT2D eigenvalue weighted by Gasteiger charge is 2.26. The molecule has 1 fully saturated rings. The molecule has 2 aromatic rings. The third kappa shape index (κ3) is 2.77. The van der Waals surface area contributed by atoms with Gasteiger partial charge in [0.15, 0.2) is 0 Å². The van der Waals surface area contributed by atoms with Gasteiger partial charge in [-0.25, -0.2) is 4.98 Å². The van der Waals surface area contributed by atoms with E-state index in [4.69, 9.17) is 4.98 Å². The topological polar surface area (TPSA) is 24.9 Å². The maximum absolute atomic E-state index is 4.96. The second-order valence-corrected chi connectivity index (χ2v) is 7.39. The average Bonchev–Trinajstić information content (AvgIpc) is 2.99. The molecule has 1 aromatic heterocycles. The van der Waals surface area contributed by atoms with Crippen molar-refractivity contribution < 1.29 is 0 Å². The van der Waals surface area contributed by atoms with Gasteiger partial charge >= 0.3 is 0 Å². The van der Waals surface area contributed by atoms with Crippen molar-refractivity contribution in [3.05, 3.63) is 51.5 Å². The number of aromatic nitrogens is 1. The van der Waals surface area contributed by atoms with Crippen LogP contribution in [-0.4, -0.2) is 11.5 Å². The first-order chi connectivity index (χ1) is 10.4. The van der Waals surface area contributed by atoms with Crippen LogP contribution >= 0.6 is 11.3 Å². The minimum absolute atomic E-state index is 0.518. The Balaban J connectivity index is 1.54. The Bertz CT molecular complexity index is 599. The summed E-state index contributed by atoms with van der Waals surface area (Å²) in [5.41, 5.74) is 2.88. The number of nitrogens with one attached hydrogen (secondary N) is 1. The van der Waals surface area contributed by atoms with Gasteiger partial charge in [0.2, 0.25) is 0 Å². The van der Waals surface area contributed by atoms with E-state index in [1.54, 1.807) is 0 Å². The van der Waals surface area contributed by atoms with Crippen LogP contribution in [0.2, 0.25) is 0 Å². The van der Waals surface area contributed by atoms with Gasteiger partial charge in [-0.15, -0.1) is 11.3 Å². The molecule has 110 valence electrons. The standard InChI is InChI=1S/C18H22N2S/c1-2-6-13(7-3-1)14-9-10-15-17(12-14)21-18(20-15)16-8-4-5-11-19-16/h1-3,6-7,14,16,19H,4-5,8-12H2. The van der Waals surface area contributed by atoms with E-state index in [0.717, 1.165) is 13.0 Å². The van der Waals surface area contributed by atoms with Gasteiger partial charge in [0, 0.05) is 4.88 Å². The van der Waals surface area contributed by atoms with Crippen molar-refractivity contribution in [2.45, 2.75) is 50.5 Å². The quantitative estimate of drug-likeness (QED) is 0.897. The minimum Gasteiger partial charge on any atom is -0.308 e. The summed E-state index contributed by atoms with van der Waals surface area (Å²) < 4.78 is 0. The van der Waals surface area contributed by atoms with Crippen LogP contribution < -0.4 is 5.32 Å². The summed E-state index contributed by atoms with van der Waals surface area (Å²) in [5, 5.41) is 4.98. The van der Waals surface area contributed by atoms with Gasteiger partial charge in [-0.3, -0.25) is 0 Å². The van der Waals surface area contributed by atoms with Crippen molar-refractivity contribution >= 4 is 11.3 Å². The molecule has 2 heterocycles. The molecule has 0 saturated carbocycles. The molecule has 1 aromatic carbocycles. The van der Waals surface area contributed by atoms with Crippen LogP contribution in [0.3, 0.4) is 0 Å². The first-order valence-electron chi connectivity index (χ1n) is 8.17. The lowest BCUT2D eigenvalue weighted by Crippen LogP contribution is -2.26. The molecule has 0 amide bonds. The highest BCUT2D eigenvalue weighted by molar-refractivity contribution is 7.11. The summed E-state index contributed by atoms with van der Waals surface area (Å²) in [6.07, 6.45) is 7.50. The Morgan fingerprint density at radius 1 is 1.10 bits per heavy atom. The highest BCUT2D eigenvalue weighted by atomic mass is 32.1. The Morgan fingerprint density at radius 3 is 2.81 bits per heavy atom. The molecule has 2 unspecified atom stereocenters. The molecular formula is C18H22N2S. The summed E-state index contributed by atoms with van der Waals surface area (Å²) in [5.74, 6) is 0.686. The van der Waals surface area contributed by atoms with Gasteiger partial charge in [0.25, 0.3) is 0 Å². The van der Waals surface area contributed by atoms with Crippen molar-refractivity contribution in [1.82, 2.24) is 10.3 Å². The summed E-state index contributed by atoms with van der Waals surface area (Å²) >= 11 is 1.97.